The van der Waals surface area contributed by atoms with Crippen molar-refractivity contribution in [3.63, 3.8) is 0 Å². The number of hydrogen-bond acceptors (Lipinski definition) is 8. The average molecular weight is 272 g/mol. The number of ether oxygens (including phenoxy) is 1. The Balaban J connectivity index is 2.43. The third-order valence-electron chi connectivity index (χ3n) is 2.80. The van der Waals surface area contributed by atoms with Gasteiger partial charge in [0, 0.05) is 6.42 Å². The van der Waals surface area contributed by atoms with Gasteiger partial charge in [0.1, 0.15) is 6.10 Å². The molecule has 0 aromatic carbocycles. The van der Waals surface area contributed by atoms with Crippen LogP contribution in [0.4, 0.5) is 11.5 Å². The zero-order valence-corrected chi connectivity index (χ0v) is 9.67. The van der Waals surface area contributed by atoms with Crippen molar-refractivity contribution in [3.8, 4) is 0 Å². The molecule has 19 heavy (non-hydrogen) atoms. The first kappa shape index (κ1) is 13.4. The molecule has 0 spiro atoms. The average Bonchev–Trinajstić information content (AvgIpc) is 2.70. The molecule has 3 atom stereocenters. The molecule has 1 aromatic rings. The third-order valence-corrected chi connectivity index (χ3v) is 2.80. The van der Waals surface area contributed by atoms with Gasteiger partial charge in [0.2, 0.25) is 5.82 Å². The van der Waals surface area contributed by atoms with Crippen molar-refractivity contribution in [2.24, 2.45) is 0 Å². The number of nitrogens with zero attached hydrogens (tertiary/aromatic N) is 3. The van der Waals surface area contributed by atoms with E-state index in [4.69, 9.17) is 15.6 Å². The Morgan fingerprint density at radius 1 is 1.68 bits per heavy atom. The fraction of sp³-hybridized carbons (Fsp3) is 0.556. The van der Waals surface area contributed by atoms with E-state index in [1.165, 1.54) is 0 Å². The van der Waals surface area contributed by atoms with E-state index >= 15 is 0 Å². The summed E-state index contributed by atoms with van der Waals surface area (Å²) in [6, 6.07) is 0. The molecule has 0 bridgehead atoms. The highest BCUT2D eigenvalue weighted by Gasteiger charge is 2.36. The van der Waals surface area contributed by atoms with Crippen molar-refractivity contribution in [1.29, 1.82) is 0 Å². The second-order valence-electron chi connectivity index (χ2n) is 4.09. The van der Waals surface area contributed by atoms with Crippen LogP contribution in [0.25, 0.3) is 0 Å². The van der Waals surface area contributed by atoms with E-state index < -0.39 is 40.6 Å². The normalized spacial score (nSPS) is 26.5. The van der Waals surface area contributed by atoms with Gasteiger partial charge in [-0.1, -0.05) is 0 Å². The predicted molar refractivity (Wildman–Crippen MR) is 61.2 cm³/mol. The van der Waals surface area contributed by atoms with E-state index in [1.807, 2.05) is 0 Å². The molecule has 1 aromatic heterocycles. The van der Waals surface area contributed by atoms with Crippen molar-refractivity contribution in [2.45, 2.75) is 24.9 Å². The molecule has 10 heteroatoms. The number of anilines is 1. The molecule has 1 fully saturated rings. The van der Waals surface area contributed by atoms with Crippen molar-refractivity contribution in [3.05, 3.63) is 26.8 Å². The van der Waals surface area contributed by atoms with Crippen LogP contribution in [-0.4, -0.2) is 43.5 Å². The molecule has 1 unspecified atom stereocenters. The molecule has 104 valence electrons. The van der Waals surface area contributed by atoms with Gasteiger partial charge in [0.15, 0.2) is 6.23 Å². The molecule has 1 aliphatic heterocycles. The van der Waals surface area contributed by atoms with Crippen LogP contribution in [0.15, 0.2) is 11.0 Å². The minimum absolute atomic E-state index is 0.117. The number of nitrogen functional groups attached to an aromatic ring is 1. The summed E-state index contributed by atoms with van der Waals surface area (Å²) >= 11 is 0. The number of rotatable bonds is 3. The Labute approximate surface area is 106 Å². The minimum atomic E-state index is -1.13. The summed E-state index contributed by atoms with van der Waals surface area (Å²) in [6.07, 6.45) is -1.84. The molecule has 10 nitrogen and oxygen atoms in total. The SMILES string of the molecule is Nc1nc(=O)n([C@@H]2O[C@H](CO)CC2O)cc1[N+](=O)[O-]. The van der Waals surface area contributed by atoms with E-state index in [1.54, 1.807) is 0 Å². The van der Waals surface area contributed by atoms with Crippen molar-refractivity contribution >= 4 is 11.5 Å². The van der Waals surface area contributed by atoms with E-state index in [0.29, 0.717) is 0 Å². The van der Waals surface area contributed by atoms with E-state index in [2.05, 4.69) is 4.98 Å². The van der Waals surface area contributed by atoms with Gasteiger partial charge < -0.3 is 20.7 Å². The molecule has 2 rings (SSSR count). The summed E-state index contributed by atoms with van der Waals surface area (Å²) in [4.78, 5) is 24.9. The van der Waals surface area contributed by atoms with Crippen molar-refractivity contribution in [2.75, 3.05) is 12.3 Å². The molecule has 1 aliphatic rings. The summed E-state index contributed by atoms with van der Waals surface area (Å²) in [6.45, 7) is -0.327. The van der Waals surface area contributed by atoms with Crippen LogP contribution >= 0.6 is 0 Å². The number of hydrogen-bond donors (Lipinski definition) is 3. The van der Waals surface area contributed by atoms with E-state index in [0.717, 1.165) is 10.8 Å². The van der Waals surface area contributed by atoms with Crippen LogP contribution in [-0.2, 0) is 4.74 Å². The Morgan fingerprint density at radius 3 is 2.89 bits per heavy atom. The first-order chi connectivity index (χ1) is 8.93. The Hall–Kier alpha value is -2.04. The van der Waals surface area contributed by atoms with Crippen LogP contribution in [0, 0.1) is 10.1 Å². The monoisotopic (exact) mass is 272 g/mol. The molecule has 2 heterocycles. The Bertz CT molecular complexity index is 558. The fourth-order valence-electron chi connectivity index (χ4n) is 1.89. The van der Waals surface area contributed by atoms with Gasteiger partial charge in [-0.05, 0) is 0 Å². The summed E-state index contributed by atoms with van der Waals surface area (Å²) in [5.41, 5.74) is 3.85. The molecule has 0 aliphatic carbocycles. The highest BCUT2D eigenvalue weighted by Crippen LogP contribution is 2.28. The lowest BCUT2D eigenvalue weighted by molar-refractivity contribution is -0.384. The predicted octanol–water partition coefficient (Wildman–Crippen LogP) is -1.63. The third kappa shape index (κ3) is 2.41. The number of nitrogens with two attached hydrogens (primary N) is 1. The van der Waals surface area contributed by atoms with Crippen molar-refractivity contribution < 1.29 is 19.9 Å². The summed E-state index contributed by atoms with van der Waals surface area (Å²) < 4.78 is 6.02. The summed E-state index contributed by atoms with van der Waals surface area (Å²) in [5.74, 6) is -0.502. The first-order valence-corrected chi connectivity index (χ1v) is 5.41. The second-order valence-corrected chi connectivity index (χ2v) is 4.09. The maximum Gasteiger partial charge on any atom is 0.352 e. The lowest BCUT2D eigenvalue weighted by atomic mass is 10.2. The van der Waals surface area contributed by atoms with Gasteiger partial charge in [-0.15, -0.1) is 0 Å². The molecular weight excluding hydrogens is 260 g/mol. The second kappa shape index (κ2) is 4.91. The molecule has 0 radical (unpaired) electrons. The quantitative estimate of drug-likeness (QED) is 0.438. The Morgan fingerprint density at radius 2 is 2.37 bits per heavy atom. The van der Waals surface area contributed by atoms with Crippen LogP contribution in [0.2, 0.25) is 0 Å². The zero-order chi connectivity index (χ0) is 14.2. The standard InChI is InChI=1S/C9H12N4O6/c10-7-5(13(17)18)2-12(9(16)11-7)8-6(15)1-4(3-14)19-8/h2,4,6,8,14-15H,1,3H2,(H2,10,11,16)/t4-,6?,8+/m0/s1. The van der Waals surface area contributed by atoms with Crippen LogP contribution in [0.3, 0.4) is 0 Å². The molecule has 4 N–H and O–H groups in total. The van der Waals surface area contributed by atoms with E-state index in [9.17, 15) is 20.0 Å². The molecule has 1 saturated heterocycles. The molecule has 0 amide bonds. The fourth-order valence-corrected chi connectivity index (χ4v) is 1.89. The van der Waals surface area contributed by atoms with Gasteiger partial charge in [-0.25, -0.2) is 4.79 Å². The minimum Gasteiger partial charge on any atom is -0.394 e. The van der Waals surface area contributed by atoms with E-state index in [-0.39, 0.29) is 13.0 Å². The maximum atomic E-state index is 11.6. The van der Waals surface area contributed by atoms with Crippen molar-refractivity contribution in [1.82, 2.24) is 9.55 Å². The summed E-state index contributed by atoms with van der Waals surface area (Å²) in [7, 11) is 0. The van der Waals surface area contributed by atoms with Gasteiger partial charge >= 0.3 is 11.4 Å². The lowest BCUT2D eigenvalue weighted by Gasteiger charge is -2.16. The zero-order valence-electron chi connectivity index (χ0n) is 9.67. The van der Waals surface area contributed by atoms with Gasteiger partial charge in [0.25, 0.3) is 0 Å². The smallest absolute Gasteiger partial charge is 0.352 e. The largest absolute Gasteiger partial charge is 0.394 e. The van der Waals surface area contributed by atoms with Crippen LogP contribution in [0.1, 0.15) is 12.6 Å². The van der Waals surface area contributed by atoms with Gasteiger partial charge in [-0.3, -0.25) is 14.7 Å². The van der Waals surface area contributed by atoms with Crippen LogP contribution in [0.5, 0.6) is 0 Å². The molecular formula is C9H12N4O6. The molecule has 0 saturated carbocycles. The Kier molecular flexibility index (Phi) is 3.46. The highest BCUT2D eigenvalue weighted by atomic mass is 16.6. The number of aliphatic hydroxyl groups is 2. The van der Waals surface area contributed by atoms with Crippen LogP contribution < -0.4 is 11.4 Å². The maximum absolute atomic E-state index is 11.6. The van der Waals surface area contributed by atoms with Gasteiger partial charge in [0.05, 0.1) is 23.8 Å². The number of nitro groups is 1. The number of aliphatic hydroxyl groups excluding tert-OH is 2. The summed E-state index contributed by atoms with van der Waals surface area (Å²) in [5, 5.41) is 29.4. The van der Waals surface area contributed by atoms with Gasteiger partial charge in [-0.2, -0.15) is 4.98 Å². The first-order valence-electron chi connectivity index (χ1n) is 5.41. The highest BCUT2D eigenvalue weighted by molar-refractivity contribution is 5.49. The number of aromatic nitrogens is 2. The topological polar surface area (TPSA) is 154 Å². The lowest BCUT2D eigenvalue weighted by Crippen LogP contribution is -2.32.